The Balaban J connectivity index is 1.41. The first kappa shape index (κ1) is 17.0. The van der Waals surface area contributed by atoms with Gasteiger partial charge >= 0.3 is 0 Å². The lowest BCUT2D eigenvalue weighted by atomic mass is 10.1. The summed E-state index contributed by atoms with van der Waals surface area (Å²) >= 11 is 0. The van der Waals surface area contributed by atoms with Crippen molar-refractivity contribution >= 4 is 16.7 Å². The Morgan fingerprint density at radius 3 is 2.78 bits per heavy atom. The zero-order valence-corrected chi connectivity index (χ0v) is 14.7. The minimum absolute atomic E-state index is 0.000371. The Labute approximate surface area is 157 Å². The first-order chi connectivity index (χ1) is 13.2. The monoisotopic (exact) mass is 358 g/mol. The van der Waals surface area contributed by atoms with Crippen molar-refractivity contribution in [2.75, 3.05) is 13.1 Å². The average molecular weight is 358 g/mol. The van der Waals surface area contributed by atoms with E-state index in [0.717, 1.165) is 23.6 Å². The van der Waals surface area contributed by atoms with E-state index < -0.39 is 0 Å². The van der Waals surface area contributed by atoms with Crippen LogP contribution in [0.25, 0.3) is 10.8 Å². The molecule has 0 N–H and O–H groups in total. The third kappa shape index (κ3) is 3.58. The molecule has 0 radical (unpaired) electrons. The van der Waals surface area contributed by atoms with Crippen LogP contribution < -0.4 is 4.74 Å². The minimum Gasteiger partial charge on any atom is -0.473 e. The van der Waals surface area contributed by atoms with Crippen molar-refractivity contribution in [3.05, 3.63) is 65.9 Å². The third-order valence-electron chi connectivity index (χ3n) is 4.78. The van der Waals surface area contributed by atoms with Gasteiger partial charge in [-0.05, 0) is 24.3 Å². The average Bonchev–Trinajstić information content (AvgIpc) is 2.74. The van der Waals surface area contributed by atoms with E-state index >= 15 is 0 Å². The maximum Gasteiger partial charge on any atom is 0.253 e. The first-order valence-corrected chi connectivity index (χ1v) is 8.91. The molecule has 0 aliphatic carbocycles. The molecule has 4 rings (SSSR count). The van der Waals surface area contributed by atoms with E-state index in [4.69, 9.17) is 10.00 Å². The van der Waals surface area contributed by atoms with Crippen LogP contribution in [0.2, 0.25) is 0 Å². The van der Waals surface area contributed by atoms with Gasteiger partial charge < -0.3 is 9.64 Å². The molecule has 27 heavy (non-hydrogen) atoms. The van der Waals surface area contributed by atoms with Crippen molar-refractivity contribution in [2.24, 2.45) is 0 Å². The maximum atomic E-state index is 12.7. The van der Waals surface area contributed by atoms with Gasteiger partial charge in [-0.1, -0.05) is 24.3 Å². The molecule has 1 aliphatic rings. The van der Waals surface area contributed by atoms with Gasteiger partial charge in [-0.2, -0.15) is 10.4 Å². The van der Waals surface area contributed by atoms with Gasteiger partial charge in [0.2, 0.25) is 5.88 Å². The number of aromatic nitrogens is 2. The molecule has 2 heterocycles. The largest absolute Gasteiger partial charge is 0.473 e. The number of nitrogens with zero attached hydrogens (tertiary/aromatic N) is 4. The zero-order valence-electron chi connectivity index (χ0n) is 14.7. The van der Waals surface area contributed by atoms with Crippen LogP contribution in [0.4, 0.5) is 0 Å². The van der Waals surface area contributed by atoms with E-state index in [-0.39, 0.29) is 12.0 Å². The fourth-order valence-electron chi connectivity index (χ4n) is 3.33. The number of benzene rings is 2. The topological polar surface area (TPSA) is 79.1 Å². The summed E-state index contributed by atoms with van der Waals surface area (Å²) in [7, 11) is 0. The molecule has 2 aromatic carbocycles. The lowest BCUT2D eigenvalue weighted by Crippen LogP contribution is -2.41. The Hall–Kier alpha value is -3.46. The number of hydrogen-bond donors (Lipinski definition) is 0. The van der Waals surface area contributed by atoms with Crippen molar-refractivity contribution in [3.8, 4) is 11.9 Å². The van der Waals surface area contributed by atoms with Crippen LogP contribution in [0.1, 0.15) is 28.8 Å². The molecule has 0 unspecified atom stereocenters. The summed E-state index contributed by atoms with van der Waals surface area (Å²) in [5.74, 6) is 0.495. The highest BCUT2D eigenvalue weighted by molar-refractivity contribution is 5.94. The molecule has 0 bridgehead atoms. The fraction of sp³-hybridized carbons (Fsp3) is 0.238. The molecule has 1 aliphatic heterocycles. The molecule has 1 aromatic heterocycles. The molecule has 1 fully saturated rings. The van der Waals surface area contributed by atoms with Crippen LogP contribution in [-0.4, -0.2) is 40.2 Å². The number of rotatable bonds is 3. The van der Waals surface area contributed by atoms with E-state index in [2.05, 4.69) is 16.3 Å². The van der Waals surface area contributed by atoms with E-state index in [9.17, 15) is 4.79 Å². The maximum absolute atomic E-state index is 12.7. The van der Waals surface area contributed by atoms with Crippen LogP contribution in [0.15, 0.2) is 54.7 Å². The second-order valence-corrected chi connectivity index (χ2v) is 6.54. The Morgan fingerprint density at radius 2 is 1.96 bits per heavy atom. The SMILES string of the molecule is N#Cc1cccc(C(=O)N2CCC(Oc3nncc4ccccc34)CC2)c1. The molecule has 1 amide bonds. The lowest BCUT2D eigenvalue weighted by molar-refractivity contribution is 0.0589. The highest BCUT2D eigenvalue weighted by atomic mass is 16.5. The summed E-state index contributed by atoms with van der Waals surface area (Å²) in [4.78, 5) is 14.5. The van der Waals surface area contributed by atoms with Crippen LogP contribution in [0.5, 0.6) is 5.88 Å². The second-order valence-electron chi connectivity index (χ2n) is 6.54. The molecule has 134 valence electrons. The molecule has 6 heteroatoms. The number of carbonyl (C=O) groups is 1. The Bertz CT molecular complexity index is 1010. The van der Waals surface area contributed by atoms with E-state index in [1.807, 2.05) is 29.2 Å². The van der Waals surface area contributed by atoms with Crippen LogP contribution >= 0.6 is 0 Å². The Kier molecular flexibility index (Phi) is 4.67. The van der Waals surface area contributed by atoms with Gasteiger partial charge in [0.25, 0.3) is 5.91 Å². The lowest BCUT2D eigenvalue weighted by Gasteiger charge is -2.32. The first-order valence-electron chi connectivity index (χ1n) is 8.91. The van der Waals surface area contributed by atoms with Gasteiger partial charge in [-0.3, -0.25) is 4.79 Å². The van der Waals surface area contributed by atoms with E-state index in [1.54, 1.807) is 30.5 Å². The van der Waals surface area contributed by atoms with Gasteiger partial charge in [0.1, 0.15) is 6.10 Å². The summed E-state index contributed by atoms with van der Waals surface area (Å²) in [6, 6.07) is 16.7. The zero-order chi connectivity index (χ0) is 18.6. The predicted octanol–water partition coefficient (Wildman–Crippen LogP) is 3.19. The molecule has 0 atom stereocenters. The number of nitriles is 1. The predicted molar refractivity (Wildman–Crippen MR) is 100 cm³/mol. The van der Waals surface area contributed by atoms with Crippen molar-refractivity contribution in [3.63, 3.8) is 0 Å². The summed E-state index contributed by atoms with van der Waals surface area (Å²) in [6.07, 6.45) is 3.18. The highest BCUT2D eigenvalue weighted by Gasteiger charge is 2.25. The van der Waals surface area contributed by atoms with Crippen LogP contribution in [-0.2, 0) is 0 Å². The number of ether oxygens (including phenoxy) is 1. The van der Waals surface area contributed by atoms with Crippen LogP contribution in [0.3, 0.4) is 0 Å². The summed E-state index contributed by atoms with van der Waals surface area (Å²) < 4.78 is 6.08. The number of carbonyl (C=O) groups excluding carboxylic acids is 1. The van der Waals surface area contributed by atoms with Gasteiger partial charge in [-0.15, -0.1) is 5.10 Å². The van der Waals surface area contributed by atoms with Gasteiger partial charge in [0, 0.05) is 42.3 Å². The van der Waals surface area contributed by atoms with Crippen molar-refractivity contribution in [1.82, 2.24) is 15.1 Å². The van der Waals surface area contributed by atoms with Gasteiger partial charge in [-0.25, -0.2) is 0 Å². The fourth-order valence-corrected chi connectivity index (χ4v) is 3.33. The minimum atomic E-state index is -0.0458. The van der Waals surface area contributed by atoms with Crippen molar-refractivity contribution in [1.29, 1.82) is 5.26 Å². The highest BCUT2D eigenvalue weighted by Crippen LogP contribution is 2.25. The molecule has 0 saturated carbocycles. The van der Waals surface area contributed by atoms with Crippen LogP contribution in [0, 0.1) is 11.3 Å². The number of amides is 1. The molecular weight excluding hydrogens is 340 g/mol. The summed E-state index contributed by atoms with van der Waals surface area (Å²) in [5.41, 5.74) is 1.04. The van der Waals surface area contributed by atoms with E-state index in [0.29, 0.717) is 30.1 Å². The van der Waals surface area contributed by atoms with Gasteiger partial charge in [0.15, 0.2) is 0 Å². The molecule has 0 spiro atoms. The number of likely N-dealkylation sites (tertiary alicyclic amines) is 1. The molecule has 1 saturated heterocycles. The van der Waals surface area contributed by atoms with E-state index in [1.165, 1.54) is 0 Å². The normalized spacial score (nSPS) is 14.7. The van der Waals surface area contributed by atoms with Crippen molar-refractivity contribution in [2.45, 2.75) is 18.9 Å². The smallest absolute Gasteiger partial charge is 0.253 e. The van der Waals surface area contributed by atoms with Crippen molar-refractivity contribution < 1.29 is 9.53 Å². The number of hydrogen-bond acceptors (Lipinski definition) is 5. The standard InChI is InChI=1S/C21H18N4O2/c22-13-15-4-3-6-16(12-15)21(26)25-10-8-18(9-11-25)27-20-19-7-2-1-5-17(19)14-23-24-20/h1-7,12,14,18H,8-11H2. The molecule has 3 aromatic rings. The summed E-state index contributed by atoms with van der Waals surface area (Å²) in [6.45, 7) is 1.22. The molecular formula is C21H18N4O2. The summed E-state index contributed by atoms with van der Waals surface area (Å²) in [5, 5.41) is 19.1. The number of piperidine rings is 1. The number of fused-ring (bicyclic) bond motifs is 1. The van der Waals surface area contributed by atoms with Gasteiger partial charge in [0.05, 0.1) is 17.8 Å². The second kappa shape index (κ2) is 7.42. The molecule has 6 nitrogen and oxygen atoms in total. The third-order valence-corrected chi connectivity index (χ3v) is 4.78. The quantitative estimate of drug-likeness (QED) is 0.718. The Morgan fingerprint density at radius 1 is 1.15 bits per heavy atom.